The standard InChI is InChI=1S/C28H46N4O3/c1-3-4-5-6-7-8-9-27(33)30-24-10-11-26(32-15-12-23(2)13-16-32)25(22-24)28(34)29-14-17-31-18-20-35-21-19-31/h10-11,22-23H,3-9,12-21H2,1-2H3,(H,29,34)(H,30,33). The third-order valence-corrected chi connectivity index (χ3v) is 7.22. The van der Waals surface area contributed by atoms with Gasteiger partial charge in [-0.1, -0.05) is 46.0 Å². The molecular formula is C28H46N4O3. The molecule has 0 saturated carbocycles. The number of piperidine rings is 1. The first-order valence-corrected chi connectivity index (χ1v) is 13.8. The molecule has 7 nitrogen and oxygen atoms in total. The average molecular weight is 487 g/mol. The van der Waals surface area contributed by atoms with Gasteiger partial charge in [-0.25, -0.2) is 0 Å². The molecule has 0 aliphatic carbocycles. The molecule has 0 spiro atoms. The maximum Gasteiger partial charge on any atom is 0.253 e. The number of morpholine rings is 1. The Morgan fingerprint density at radius 2 is 1.71 bits per heavy atom. The summed E-state index contributed by atoms with van der Waals surface area (Å²) in [7, 11) is 0. The Kier molecular flexibility index (Phi) is 11.8. The SMILES string of the molecule is CCCCCCCCC(=O)Nc1ccc(N2CCC(C)CC2)c(C(=O)NCCN2CCOCC2)c1. The van der Waals surface area contributed by atoms with Crippen molar-refractivity contribution < 1.29 is 14.3 Å². The fourth-order valence-electron chi connectivity index (χ4n) is 4.86. The molecule has 0 bridgehead atoms. The summed E-state index contributed by atoms with van der Waals surface area (Å²) in [5, 5.41) is 6.14. The number of carbonyl (C=O) groups is 2. The Balaban J connectivity index is 1.59. The van der Waals surface area contributed by atoms with Crippen molar-refractivity contribution in [1.29, 1.82) is 0 Å². The maximum absolute atomic E-state index is 13.3. The minimum Gasteiger partial charge on any atom is -0.379 e. The van der Waals surface area contributed by atoms with Gasteiger partial charge >= 0.3 is 0 Å². The van der Waals surface area contributed by atoms with E-state index in [2.05, 4.69) is 34.3 Å². The number of hydrogen-bond donors (Lipinski definition) is 2. The number of ether oxygens (including phenoxy) is 1. The predicted molar refractivity (Wildman–Crippen MR) is 143 cm³/mol. The van der Waals surface area contributed by atoms with Crippen LogP contribution >= 0.6 is 0 Å². The van der Waals surface area contributed by atoms with Gasteiger partial charge in [0.1, 0.15) is 0 Å². The van der Waals surface area contributed by atoms with Crippen LogP contribution in [-0.4, -0.2) is 69.2 Å². The lowest BCUT2D eigenvalue weighted by Crippen LogP contribution is -2.41. The molecule has 3 rings (SSSR count). The van der Waals surface area contributed by atoms with Crippen LogP contribution in [0.1, 0.15) is 82.0 Å². The van der Waals surface area contributed by atoms with Crippen LogP contribution in [0, 0.1) is 5.92 Å². The number of amides is 2. The number of benzene rings is 1. The van der Waals surface area contributed by atoms with Crippen LogP contribution in [-0.2, 0) is 9.53 Å². The molecule has 0 atom stereocenters. The smallest absolute Gasteiger partial charge is 0.253 e. The highest BCUT2D eigenvalue weighted by molar-refractivity contribution is 6.02. The van der Waals surface area contributed by atoms with E-state index in [9.17, 15) is 9.59 Å². The zero-order valence-electron chi connectivity index (χ0n) is 21.9. The number of carbonyl (C=O) groups excluding carboxylic acids is 2. The Morgan fingerprint density at radius 3 is 2.46 bits per heavy atom. The lowest BCUT2D eigenvalue weighted by Gasteiger charge is -2.33. The van der Waals surface area contributed by atoms with Crippen molar-refractivity contribution in [1.82, 2.24) is 10.2 Å². The van der Waals surface area contributed by atoms with Crippen LogP contribution in [0.15, 0.2) is 18.2 Å². The van der Waals surface area contributed by atoms with Crippen LogP contribution in [0.2, 0.25) is 0 Å². The summed E-state index contributed by atoms with van der Waals surface area (Å²) >= 11 is 0. The molecule has 35 heavy (non-hydrogen) atoms. The van der Waals surface area contributed by atoms with E-state index in [0.29, 0.717) is 24.2 Å². The van der Waals surface area contributed by atoms with E-state index in [-0.39, 0.29) is 11.8 Å². The first kappa shape index (κ1) is 27.5. The minimum absolute atomic E-state index is 0.0266. The van der Waals surface area contributed by atoms with Gasteiger partial charge in [0.15, 0.2) is 0 Å². The number of nitrogens with one attached hydrogen (secondary N) is 2. The van der Waals surface area contributed by atoms with Gasteiger partial charge in [0.25, 0.3) is 5.91 Å². The van der Waals surface area contributed by atoms with Gasteiger partial charge in [0.05, 0.1) is 18.8 Å². The van der Waals surface area contributed by atoms with Gasteiger partial charge in [0, 0.05) is 57.1 Å². The summed E-state index contributed by atoms with van der Waals surface area (Å²) in [5.74, 6) is 0.676. The molecule has 2 heterocycles. The monoisotopic (exact) mass is 486 g/mol. The third kappa shape index (κ3) is 9.45. The van der Waals surface area contributed by atoms with Crippen molar-refractivity contribution >= 4 is 23.2 Å². The molecule has 1 aromatic carbocycles. The molecule has 0 unspecified atom stereocenters. The molecule has 2 aliphatic heterocycles. The van der Waals surface area contributed by atoms with Crippen molar-refractivity contribution in [3.63, 3.8) is 0 Å². The van der Waals surface area contributed by atoms with Crippen LogP contribution in [0.25, 0.3) is 0 Å². The van der Waals surface area contributed by atoms with Crippen LogP contribution in [0.4, 0.5) is 11.4 Å². The van der Waals surface area contributed by atoms with Gasteiger partial charge in [-0.15, -0.1) is 0 Å². The van der Waals surface area contributed by atoms with E-state index in [1.807, 2.05) is 18.2 Å². The van der Waals surface area contributed by atoms with E-state index in [1.165, 1.54) is 25.7 Å². The summed E-state index contributed by atoms with van der Waals surface area (Å²) in [4.78, 5) is 30.4. The summed E-state index contributed by atoms with van der Waals surface area (Å²) < 4.78 is 5.41. The summed E-state index contributed by atoms with van der Waals surface area (Å²) in [5.41, 5.74) is 2.32. The van der Waals surface area contributed by atoms with E-state index >= 15 is 0 Å². The van der Waals surface area contributed by atoms with Crippen molar-refractivity contribution in [3.8, 4) is 0 Å². The normalized spacial score (nSPS) is 17.4. The molecule has 2 amide bonds. The molecule has 2 aliphatic rings. The first-order valence-electron chi connectivity index (χ1n) is 13.8. The highest BCUT2D eigenvalue weighted by Crippen LogP contribution is 2.29. The van der Waals surface area contributed by atoms with Crippen LogP contribution < -0.4 is 15.5 Å². The third-order valence-electron chi connectivity index (χ3n) is 7.22. The first-order chi connectivity index (χ1) is 17.1. The Labute approximate surface area is 212 Å². The average Bonchev–Trinajstić information content (AvgIpc) is 2.87. The largest absolute Gasteiger partial charge is 0.379 e. The molecule has 2 saturated heterocycles. The molecule has 196 valence electrons. The predicted octanol–water partition coefficient (Wildman–Crippen LogP) is 4.67. The van der Waals surface area contributed by atoms with Gasteiger partial charge in [-0.05, 0) is 43.4 Å². The summed E-state index contributed by atoms with van der Waals surface area (Å²) in [6, 6.07) is 5.81. The maximum atomic E-state index is 13.3. The fraction of sp³-hybridized carbons (Fsp3) is 0.714. The van der Waals surface area contributed by atoms with E-state index in [1.54, 1.807) is 0 Å². The molecule has 2 N–H and O–H groups in total. The van der Waals surface area contributed by atoms with Crippen molar-refractivity contribution in [3.05, 3.63) is 23.8 Å². The van der Waals surface area contributed by atoms with E-state index < -0.39 is 0 Å². The highest BCUT2D eigenvalue weighted by Gasteiger charge is 2.22. The molecular weight excluding hydrogens is 440 g/mol. The van der Waals surface area contributed by atoms with Gasteiger partial charge in [0.2, 0.25) is 5.91 Å². The van der Waals surface area contributed by atoms with Crippen molar-refractivity contribution in [2.45, 2.75) is 71.6 Å². The topological polar surface area (TPSA) is 73.9 Å². The highest BCUT2D eigenvalue weighted by atomic mass is 16.5. The summed E-state index contributed by atoms with van der Waals surface area (Å²) in [6.07, 6.45) is 9.74. The lowest BCUT2D eigenvalue weighted by atomic mass is 9.97. The van der Waals surface area contributed by atoms with Crippen molar-refractivity contribution in [2.24, 2.45) is 5.92 Å². The lowest BCUT2D eigenvalue weighted by molar-refractivity contribution is -0.116. The van der Waals surface area contributed by atoms with Gasteiger partial charge in [-0.2, -0.15) is 0 Å². The molecule has 2 fully saturated rings. The zero-order valence-corrected chi connectivity index (χ0v) is 21.9. The summed E-state index contributed by atoms with van der Waals surface area (Å²) in [6.45, 7) is 11.2. The Hall–Kier alpha value is -2.12. The Morgan fingerprint density at radius 1 is 1.00 bits per heavy atom. The van der Waals surface area contributed by atoms with E-state index in [4.69, 9.17) is 4.74 Å². The van der Waals surface area contributed by atoms with Crippen LogP contribution in [0.3, 0.4) is 0 Å². The molecule has 7 heteroatoms. The number of rotatable bonds is 13. The number of anilines is 2. The molecule has 0 radical (unpaired) electrons. The number of unbranched alkanes of at least 4 members (excludes halogenated alkanes) is 5. The minimum atomic E-state index is -0.0705. The van der Waals surface area contributed by atoms with Gasteiger partial charge in [-0.3, -0.25) is 14.5 Å². The van der Waals surface area contributed by atoms with E-state index in [0.717, 1.165) is 83.2 Å². The fourth-order valence-corrected chi connectivity index (χ4v) is 4.86. The quantitative estimate of drug-likeness (QED) is 0.396. The number of hydrogen-bond acceptors (Lipinski definition) is 5. The Bertz CT molecular complexity index is 786. The number of nitrogens with zero attached hydrogens (tertiary/aromatic N) is 2. The second-order valence-corrected chi connectivity index (χ2v) is 10.2. The second kappa shape index (κ2) is 15.1. The molecule has 0 aromatic heterocycles. The second-order valence-electron chi connectivity index (χ2n) is 10.2. The molecule has 1 aromatic rings. The van der Waals surface area contributed by atoms with Crippen LogP contribution in [0.5, 0.6) is 0 Å². The van der Waals surface area contributed by atoms with Crippen molar-refractivity contribution in [2.75, 3.05) is 62.7 Å². The zero-order chi connectivity index (χ0) is 24.9. The van der Waals surface area contributed by atoms with Gasteiger partial charge < -0.3 is 20.3 Å².